The highest BCUT2D eigenvalue weighted by Gasteiger charge is 2.19. The molecule has 0 bridgehead atoms. The van der Waals surface area contributed by atoms with Gasteiger partial charge in [0.05, 0.1) is 0 Å². The van der Waals surface area contributed by atoms with E-state index >= 15 is 0 Å². The molecule has 1 aromatic rings. The van der Waals surface area contributed by atoms with Crippen LogP contribution in [0, 0.1) is 12.8 Å². The van der Waals surface area contributed by atoms with Gasteiger partial charge in [0, 0.05) is 11.4 Å². The Morgan fingerprint density at radius 3 is 2.94 bits per heavy atom. The van der Waals surface area contributed by atoms with Gasteiger partial charge < -0.3 is 10.4 Å². The van der Waals surface area contributed by atoms with Crippen molar-refractivity contribution < 1.29 is 9.90 Å². The zero-order valence-electron chi connectivity index (χ0n) is 10.2. The molecule has 94 valence electrons. The Balaban J connectivity index is 1.71. The largest absolute Gasteiger partial charge is 0.477 e. The molecule has 1 aliphatic rings. The molecule has 1 saturated carbocycles. The Bertz CT molecular complexity index is 396. The zero-order chi connectivity index (χ0) is 12.3. The molecule has 1 aromatic heterocycles. The number of thiophene rings is 1. The number of hydrogen-bond donors (Lipinski definition) is 2. The molecule has 2 rings (SSSR count). The number of aromatic carboxylic acids is 1. The molecule has 2 N–H and O–H groups in total. The molecule has 0 aliphatic heterocycles. The van der Waals surface area contributed by atoms with Crippen LogP contribution in [-0.4, -0.2) is 17.6 Å². The van der Waals surface area contributed by atoms with Gasteiger partial charge in [0.1, 0.15) is 4.88 Å². The number of hydrogen-bond acceptors (Lipinski definition) is 3. The molecule has 0 unspecified atom stereocenters. The molecular formula is C13H19NO2S. The molecule has 0 atom stereocenters. The lowest BCUT2D eigenvalue weighted by Crippen LogP contribution is -2.14. The van der Waals surface area contributed by atoms with E-state index in [-0.39, 0.29) is 0 Å². The predicted molar refractivity (Wildman–Crippen MR) is 69.7 cm³/mol. The predicted octanol–water partition coefficient (Wildman–Crippen LogP) is 3.03. The van der Waals surface area contributed by atoms with Crippen LogP contribution in [0.4, 0.5) is 0 Å². The molecule has 3 nitrogen and oxygen atoms in total. The lowest BCUT2D eigenvalue weighted by Gasteiger charge is -2.03. The zero-order valence-corrected chi connectivity index (χ0v) is 11.0. The van der Waals surface area contributed by atoms with Crippen LogP contribution in [0.15, 0.2) is 6.07 Å². The van der Waals surface area contributed by atoms with Crippen molar-refractivity contribution in [1.82, 2.24) is 5.32 Å². The number of nitrogens with one attached hydrogen (secondary N) is 1. The summed E-state index contributed by atoms with van der Waals surface area (Å²) < 4.78 is 0. The van der Waals surface area contributed by atoms with Crippen LogP contribution in [0.2, 0.25) is 0 Å². The first-order valence-electron chi connectivity index (χ1n) is 6.20. The summed E-state index contributed by atoms with van der Waals surface area (Å²) in [5.74, 6) is 0.177. The van der Waals surface area contributed by atoms with Gasteiger partial charge in [0.15, 0.2) is 0 Å². The van der Waals surface area contributed by atoms with Gasteiger partial charge in [0.2, 0.25) is 0 Å². The lowest BCUT2D eigenvalue weighted by molar-refractivity contribution is 0.0702. The Morgan fingerprint density at radius 2 is 2.35 bits per heavy atom. The summed E-state index contributed by atoms with van der Waals surface area (Å²) in [6.07, 6.45) is 5.42. The molecule has 0 spiro atoms. The summed E-state index contributed by atoms with van der Waals surface area (Å²) in [7, 11) is 0. The number of carboxylic acid groups (broad SMARTS) is 1. The smallest absolute Gasteiger partial charge is 0.345 e. The highest BCUT2D eigenvalue weighted by atomic mass is 32.1. The maximum atomic E-state index is 10.8. The normalized spacial score (nSPS) is 15.1. The first kappa shape index (κ1) is 12.6. The monoisotopic (exact) mass is 253 g/mol. The summed E-state index contributed by atoms with van der Waals surface area (Å²) in [4.78, 5) is 12.4. The van der Waals surface area contributed by atoms with Gasteiger partial charge >= 0.3 is 5.97 Å². The topological polar surface area (TPSA) is 49.3 Å². The van der Waals surface area contributed by atoms with Gasteiger partial charge in [-0.2, -0.15) is 0 Å². The van der Waals surface area contributed by atoms with E-state index in [1.165, 1.54) is 37.0 Å². The number of rotatable bonds is 7. The molecular weight excluding hydrogens is 234 g/mol. The maximum absolute atomic E-state index is 10.8. The van der Waals surface area contributed by atoms with Crippen LogP contribution in [0.5, 0.6) is 0 Å². The average Bonchev–Trinajstić information content (AvgIpc) is 3.02. The van der Waals surface area contributed by atoms with E-state index in [0.717, 1.165) is 29.4 Å². The van der Waals surface area contributed by atoms with Crippen LogP contribution in [0.1, 0.15) is 45.8 Å². The first-order valence-corrected chi connectivity index (χ1v) is 7.02. The van der Waals surface area contributed by atoms with Crippen LogP contribution in [-0.2, 0) is 6.54 Å². The molecule has 17 heavy (non-hydrogen) atoms. The molecule has 1 heterocycles. The highest BCUT2D eigenvalue weighted by molar-refractivity contribution is 7.14. The Kier molecular flexibility index (Phi) is 4.18. The standard InChI is InChI=1S/C13H19NO2S/c1-9-11(7-12(17-9)13(15)16)8-14-6-2-3-10-4-5-10/h7,10,14H,2-6,8H2,1H3,(H,15,16). The molecule has 0 amide bonds. The van der Waals surface area contributed by atoms with Crippen LogP contribution in [0.25, 0.3) is 0 Å². The molecule has 1 fully saturated rings. The van der Waals surface area contributed by atoms with Gasteiger partial charge in [-0.3, -0.25) is 0 Å². The van der Waals surface area contributed by atoms with Crippen LogP contribution < -0.4 is 5.32 Å². The van der Waals surface area contributed by atoms with E-state index in [1.807, 2.05) is 6.92 Å². The second-order valence-electron chi connectivity index (χ2n) is 4.76. The van der Waals surface area contributed by atoms with E-state index in [1.54, 1.807) is 6.07 Å². The maximum Gasteiger partial charge on any atom is 0.345 e. The van der Waals surface area contributed by atoms with E-state index in [2.05, 4.69) is 5.32 Å². The summed E-state index contributed by atoms with van der Waals surface area (Å²) in [6.45, 7) is 3.81. The van der Waals surface area contributed by atoms with E-state index in [4.69, 9.17) is 5.11 Å². The second kappa shape index (κ2) is 5.65. The summed E-state index contributed by atoms with van der Waals surface area (Å²) in [6, 6.07) is 1.79. The first-order chi connectivity index (χ1) is 8.16. The van der Waals surface area contributed by atoms with Crippen molar-refractivity contribution in [1.29, 1.82) is 0 Å². The van der Waals surface area contributed by atoms with Crippen molar-refractivity contribution in [3.8, 4) is 0 Å². The van der Waals surface area contributed by atoms with Crippen molar-refractivity contribution in [2.75, 3.05) is 6.54 Å². The molecule has 0 saturated heterocycles. The van der Waals surface area contributed by atoms with Gasteiger partial charge in [-0.05, 0) is 43.9 Å². The van der Waals surface area contributed by atoms with Crippen LogP contribution >= 0.6 is 11.3 Å². The van der Waals surface area contributed by atoms with E-state index in [9.17, 15) is 4.79 Å². The number of carbonyl (C=O) groups is 1. The van der Waals surface area contributed by atoms with Crippen molar-refractivity contribution in [2.45, 2.75) is 39.2 Å². The summed E-state index contributed by atoms with van der Waals surface area (Å²) >= 11 is 1.36. The second-order valence-corrected chi connectivity index (χ2v) is 6.02. The van der Waals surface area contributed by atoms with Gasteiger partial charge in [0.25, 0.3) is 0 Å². The fourth-order valence-electron chi connectivity index (χ4n) is 1.95. The van der Waals surface area contributed by atoms with E-state index in [0.29, 0.717) is 4.88 Å². The van der Waals surface area contributed by atoms with Crippen LogP contribution in [0.3, 0.4) is 0 Å². The highest BCUT2D eigenvalue weighted by Crippen LogP contribution is 2.33. The third-order valence-corrected chi connectivity index (χ3v) is 4.29. The van der Waals surface area contributed by atoms with Crippen molar-refractivity contribution in [3.05, 3.63) is 21.4 Å². The van der Waals surface area contributed by atoms with E-state index < -0.39 is 5.97 Å². The Hall–Kier alpha value is -0.870. The Labute approximate surface area is 106 Å². The number of aryl methyl sites for hydroxylation is 1. The van der Waals surface area contributed by atoms with Gasteiger partial charge in [-0.15, -0.1) is 11.3 Å². The van der Waals surface area contributed by atoms with Crippen molar-refractivity contribution >= 4 is 17.3 Å². The minimum Gasteiger partial charge on any atom is -0.477 e. The molecule has 0 aromatic carbocycles. The Morgan fingerprint density at radius 1 is 1.59 bits per heavy atom. The third-order valence-electron chi connectivity index (χ3n) is 3.21. The van der Waals surface area contributed by atoms with Gasteiger partial charge in [-0.25, -0.2) is 4.79 Å². The molecule has 1 aliphatic carbocycles. The SMILES string of the molecule is Cc1sc(C(=O)O)cc1CNCCCC1CC1. The summed E-state index contributed by atoms with van der Waals surface area (Å²) in [5.41, 5.74) is 1.12. The average molecular weight is 253 g/mol. The quantitative estimate of drug-likeness (QED) is 0.734. The summed E-state index contributed by atoms with van der Waals surface area (Å²) in [5, 5.41) is 12.3. The minimum atomic E-state index is -0.821. The minimum absolute atomic E-state index is 0.442. The lowest BCUT2D eigenvalue weighted by atomic mass is 10.2. The molecule has 4 heteroatoms. The van der Waals surface area contributed by atoms with Crippen molar-refractivity contribution in [2.24, 2.45) is 5.92 Å². The van der Waals surface area contributed by atoms with Crippen molar-refractivity contribution in [3.63, 3.8) is 0 Å². The molecule has 0 radical (unpaired) electrons. The van der Waals surface area contributed by atoms with Gasteiger partial charge in [-0.1, -0.05) is 12.8 Å². The number of carboxylic acids is 1. The third kappa shape index (κ3) is 3.82. The fraction of sp³-hybridized carbons (Fsp3) is 0.615. The fourth-order valence-corrected chi connectivity index (χ4v) is 2.83.